The Morgan fingerprint density at radius 1 is 1.46 bits per heavy atom. The predicted octanol–water partition coefficient (Wildman–Crippen LogP) is 2.85. The van der Waals surface area contributed by atoms with Gasteiger partial charge in [0.15, 0.2) is 10.5 Å². The monoisotopic (exact) mass is 342 g/mol. The number of fused-ring (bicyclic) bond motifs is 1. The highest BCUT2D eigenvalue weighted by molar-refractivity contribution is 7.16. The van der Waals surface area contributed by atoms with Gasteiger partial charge < -0.3 is 9.30 Å². The van der Waals surface area contributed by atoms with Crippen molar-refractivity contribution in [2.75, 3.05) is 7.11 Å². The Kier molecular flexibility index (Phi) is 4.61. The lowest BCUT2D eigenvalue weighted by Gasteiger charge is -2.02. The van der Waals surface area contributed by atoms with Gasteiger partial charge in [-0.1, -0.05) is 17.4 Å². The number of allylic oxidation sites excluding steroid dienone is 1. The summed E-state index contributed by atoms with van der Waals surface area (Å²) >= 11 is 1.44. The van der Waals surface area contributed by atoms with Crippen LogP contribution in [0.5, 0.6) is 5.75 Å². The molecule has 0 aliphatic carbocycles. The highest BCUT2D eigenvalue weighted by atomic mass is 32.1. The quantitative estimate of drug-likeness (QED) is 0.670. The predicted molar refractivity (Wildman–Crippen MR) is 94.4 cm³/mol. The molecule has 0 saturated carbocycles. The number of methoxy groups -OCH3 is 1. The first-order valence-corrected chi connectivity index (χ1v) is 8.38. The van der Waals surface area contributed by atoms with Crippen LogP contribution in [0.15, 0.2) is 48.1 Å². The van der Waals surface area contributed by atoms with Gasteiger partial charge in [-0.3, -0.25) is 9.48 Å². The molecule has 0 bridgehead atoms. The molecule has 6 nitrogen and oxygen atoms in total. The summed E-state index contributed by atoms with van der Waals surface area (Å²) in [5.41, 5.74) is 1.34. The Morgan fingerprint density at radius 2 is 2.29 bits per heavy atom. The number of carbonyl (C=O) groups is 1. The number of aromatic nitrogens is 3. The summed E-state index contributed by atoms with van der Waals surface area (Å²) in [6.45, 7) is 7.04. The second kappa shape index (κ2) is 6.84. The molecule has 2 heterocycles. The summed E-state index contributed by atoms with van der Waals surface area (Å²) < 4.78 is 9.93. The summed E-state index contributed by atoms with van der Waals surface area (Å²) in [5.74, 6) is 0.424. The third kappa shape index (κ3) is 3.03. The van der Waals surface area contributed by atoms with Gasteiger partial charge in [-0.15, -0.1) is 6.58 Å². The molecule has 0 atom stereocenters. The van der Waals surface area contributed by atoms with Gasteiger partial charge in [0.25, 0.3) is 5.91 Å². The second-order valence-corrected chi connectivity index (χ2v) is 6.10. The molecule has 124 valence electrons. The van der Waals surface area contributed by atoms with Crippen LogP contribution in [0.1, 0.15) is 17.4 Å². The fourth-order valence-electron chi connectivity index (χ4n) is 2.37. The maximum atomic E-state index is 12.4. The molecule has 2 aromatic heterocycles. The fraction of sp³-hybridized carbons (Fsp3) is 0.235. The molecule has 0 unspecified atom stereocenters. The van der Waals surface area contributed by atoms with Gasteiger partial charge in [0.1, 0.15) is 5.75 Å². The lowest BCUT2D eigenvalue weighted by molar-refractivity contribution is 0.0992. The molecule has 0 N–H and O–H groups in total. The van der Waals surface area contributed by atoms with Gasteiger partial charge in [0.2, 0.25) is 0 Å². The zero-order valence-corrected chi connectivity index (χ0v) is 14.4. The molecule has 7 heteroatoms. The van der Waals surface area contributed by atoms with Gasteiger partial charge in [0, 0.05) is 19.3 Å². The number of thiazole rings is 1. The van der Waals surface area contributed by atoms with Crippen molar-refractivity contribution in [2.45, 2.75) is 20.0 Å². The Bertz CT molecular complexity index is 965. The van der Waals surface area contributed by atoms with Gasteiger partial charge in [-0.25, -0.2) is 0 Å². The molecule has 0 saturated heterocycles. The minimum Gasteiger partial charge on any atom is -0.497 e. The van der Waals surface area contributed by atoms with E-state index in [1.165, 1.54) is 11.3 Å². The maximum absolute atomic E-state index is 12.4. The Hall–Kier alpha value is -2.67. The highest BCUT2D eigenvalue weighted by Gasteiger charge is 2.11. The van der Waals surface area contributed by atoms with E-state index in [2.05, 4.69) is 16.7 Å². The molecule has 24 heavy (non-hydrogen) atoms. The third-order valence-electron chi connectivity index (χ3n) is 3.58. The van der Waals surface area contributed by atoms with Crippen LogP contribution in [0.3, 0.4) is 0 Å². The zero-order chi connectivity index (χ0) is 17.1. The molecular formula is C17H18N4O2S. The van der Waals surface area contributed by atoms with E-state index in [-0.39, 0.29) is 5.91 Å². The average Bonchev–Trinajstić information content (AvgIpc) is 3.20. The van der Waals surface area contributed by atoms with E-state index in [0.29, 0.717) is 23.6 Å². The van der Waals surface area contributed by atoms with Crippen LogP contribution in [-0.2, 0) is 13.1 Å². The van der Waals surface area contributed by atoms with Crippen LogP contribution in [0, 0.1) is 0 Å². The van der Waals surface area contributed by atoms with E-state index in [1.807, 2.05) is 29.7 Å². The molecule has 0 aliphatic rings. The Balaban J connectivity index is 2.10. The third-order valence-corrected chi connectivity index (χ3v) is 4.62. The normalized spacial score (nSPS) is 11.8. The minimum atomic E-state index is -0.349. The van der Waals surface area contributed by atoms with Crippen molar-refractivity contribution in [3.05, 3.63) is 53.6 Å². The summed E-state index contributed by atoms with van der Waals surface area (Å²) in [5, 5.41) is 4.21. The van der Waals surface area contributed by atoms with Gasteiger partial charge in [-0.05, 0) is 31.2 Å². The van der Waals surface area contributed by atoms with Crippen LogP contribution in [0.2, 0.25) is 0 Å². The summed E-state index contributed by atoms with van der Waals surface area (Å²) in [6.07, 6.45) is 3.56. The standard InChI is InChI=1S/C17H18N4O2S/c1-4-9-21-14-7-6-12(23-3)11-15(14)24-17(21)18-16(22)13-8-10-20(5-2)19-13/h4,6-8,10-11H,1,5,9H2,2-3H3. The van der Waals surface area contributed by atoms with Crippen LogP contribution in [0.25, 0.3) is 10.2 Å². The van der Waals surface area contributed by atoms with Crippen LogP contribution in [0.4, 0.5) is 0 Å². The molecule has 0 fully saturated rings. The number of amides is 1. The van der Waals surface area contributed by atoms with Crippen molar-refractivity contribution in [3.63, 3.8) is 0 Å². The molecule has 3 aromatic rings. The minimum absolute atomic E-state index is 0.344. The van der Waals surface area contributed by atoms with E-state index >= 15 is 0 Å². The number of benzene rings is 1. The van der Waals surface area contributed by atoms with E-state index in [9.17, 15) is 4.79 Å². The van der Waals surface area contributed by atoms with E-state index in [4.69, 9.17) is 4.74 Å². The molecule has 0 spiro atoms. The van der Waals surface area contributed by atoms with Crippen molar-refractivity contribution in [2.24, 2.45) is 4.99 Å². The first-order chi connectivity index (χ1) is 11.7. The number of hydrogen-bond acceptors (Lipinski definition) is 4. The zero-order valence-electron chi connectivity index (χ0n) is 13.6. The summed E-state index contributed by atoms with van der Waals surface area (Å²) in [7, 11) is 1.63. The van der Waals surface area contributed by atoms with Gasteiger partial charge in [0.05, 0.1) is 17.3 Å². The largest absolute Gasteiger partial charge is 0.497 e. The SMILES string of the molecule is C=CCn1c(=NC(=O)c2ccn(CC)n2)sc2cc(OC)ccc21. The van der Waals surface area contributed by atoms with Crippen LogP contribution >= 0.6 is 11.3 Å². The van der Waals surface area contributed by atoms with Gasteiger partial charge >= 0.3 is 0 Å². The van der Waals surface area contributed by atoms with Crippen molar-refractivity contribution in [1.82, 2.24) is 14.3 Å². The Morgan fingerprint density at radius 3 is 2.96 bits per heavy atom. The number of nitrogens with zero attached hydrogens (tertiary/aromatic N) is 4. The maximum Gasteiger partial charge on any atom is 0.300 e. The summed E-state index contributed by atoms with van der Waals surface area (Å²) in [6, 6.07) is 7.48. The van der Waals surface area contributed by atoms with Crippen molar-refractivity contribution in [3.8, 4) is 5.75 Å². The lowest BCUT2D eigenvalue weighted by atomic mass is 10.3. The number of hydrogen-bond donors (Lipinski definition) is 0. The van der Waals surface area contributed by atoms with Crippen molar-refractivity contribution >= 4 is 27.5 Å². The van der Waals surface area contributed by atoms with Crippen molar-refractivity contribution < 1.29 is 9.53 Å². The number of aryl methyl sites for hydroxylation is 1. The highest BCUT2D eigenvalue weighted by Crippen LogP contribution is 2.23. The molecular weight excluding hydrogens is 324 g/mol. The summed E-state index contributed by atoms with van der Waals surface area (Å²) in [4.78, 5) is 17.3. The van der Waals surface area contributed by atoms with Crippen molar-refractivity contribution in [1.29, 1.82) is 0 Å². The molecule has 1 amide bonds. The Labute approximate surface area is 143 Å². The lowest BCUT2D eigenvalue weighted by Crippen LogP contribution is -2.16. The fourth-order valence-corrected chi connectivity index (χ4v) is 3.43. The molecule has 0 radical (unpaired) electrons. The average molecular weight is 342 g/mol. The number of rotatable bonds is 5. The smallest absolute Gasteiger partial charge is 0.300 e. The molecule has 0 aliphatic heterocycles. The van der Waals surface area contributed by atoms with E-state index in [0.717, 1.165) is 16.0 Å². The molecule has 1 aromatic carbocycles. The topological polar surface area (TPSA) is 61.4 Å². The van der Waals surface area contributed by atoms with E-state index in [1.54, 1.807) is 30.1 Å². The first-order valence-electron chi connectivity index (χ1n) is 7.57. The van der Waals surface area contributed by atoms with E-state index < -0.39 is 0 Å². The van der Waals surface area contributed by atoms with Crippen LogP contribution in [-0.4, -0.2) is 27.4 Å². The second-order valence-electron chi connectivity index (χ2n) is 5.09. The number of ether oxygens (including phenoxy) is 1. The number of carbonyl (C=O) groups excluding carboxylic acids is 1. The molecule has 3 rings (SSSR count). The van der Waals surface area contributed by atoms with Gasteiger partial charge in [-0.2, -0.15) is 10.1 Å². The first kappa shape index (κ1) is 16.2. The van der Waals surface area contributed by atoms with Crippen LogP contribution < -0.4 is 9.54 Å².